The van der Waals surface area contributed by atoms with Gasteiger partial charge in [-0.2, -0.15) is 0 Å². The average molecular weight is 341 g/mol. The highest BCUT2D eigenvalue weighted by molar-refractivity contribution is 6.02. The quantitative estimate of drug-likeness (QED) is 0.239. The molecule has 0 bridgehead atoms. The van der Waals surface area contributed by atoms with Gasteiger partial charge in [0.1, 0.15) is 11.2 Å². The van der Waals surface area contributed by atoms with Crippen LogP contribution in [0.2, 0.25) is 0 Å². The number of nitrogens with one attached hydrogen (secondary N) is 6. The molecule has 3 heterocycles. The molecule has 1 aliphatic rings. The van der Waals surface area contributed by atoms with E-state index in [2.05, 4.69) is 31.7 Å². The molecular formula is C10H15N9O5. The Bertz CT molecular complexity index is 928. The van der Waals surface area contributed by atoms with Gasteiger partial charge < -0.3 is 16.4 Å². The number of amides is 3. The van der Waals surface area contributed by atoms with Crippen molar-refractivity contribution in [1.82, 2.24) is 30.2 Å². The smallest absolute Gasteiger partial charge is 0.327 e. The van der Waals surface area contributed by atoms with E-state index in [9.17, 15) is 19.2 Å². The molecule has 0 atom stereocenters. The number of nitrogens with two attached hydrogens (primary N) is 2. The molecule has 1 saturated heterocycles. The molecule has 1 aliphatic heterocycles. The average Bonchev–Trinajstić information content (AvgIpc) is 2.91. The maximum Gasteiger partial charge on any atom is 0.327 e. The van der Waals surface area contributed by atoms with Crippen LogP contribution in [-0.2, 0) is 4.79 Å². The standard InChI is InChI=1S/C5H4N4O3.C4H7N3O.CH4N2O/c10-3-1-2(7-4(11)6-1)8-5(12)9-3;1-7-2-3(8)6-4(7)5;2-1(3)4/h(H4,6,7,8,9,10,11,12);2H2,1H3,(H2,5,6,8);(H4,2,3,4). The van der Waals surface area contributed by atoms with E-state index >= 15 is 0 Å². The van der Waals surface area contributed by atoms with Crippen molar-refractivity contribution in [1.29, 1.82) is 5.41 Å². The lowest BCUT2D eigenvalue weighted by molar-refractivity contribution is -0.118. The van der Waals surface area contributed by atoms with Gasteiger partial charge in [0.05, 0.1) is 6.54 Å². The van der Waals surface area contributed by atoms with Crippen LogP contribution in [0.5, 0.6) is 0 Å². The Kier molecular flexibility index (Phi) is 5.64. The van der Waals surface area contributed by atoms with E-state index in [-0.39, 0.29) is 23.0 Å². The minimum absolute atomic E-state index is 0.0413. The number of aromatic amines is 4. The highest BCUT2D eigenvalue weighted by Gasteiger charge is 2.18. The fourth-order valence-electron chi connectivity index (χ4n) is 1.52. The van der Waals surface area contributed by atoms with Gasteiger partial charge in [-0.3, -0.25) is 40.3 Å². The summed E-state index contributed by atoms with van der Waals surface area (Å²) in [6.07, 6.45) is 0. The summed E-state index contributed by atoms with van der Waals surface area (Å²) in [6.45, 7) is 0.318. The van der Waals surface area contributed by atoms with E-state index in [4.69, 9.17) is 10.2 Å². The molecule has 0 spiro atoms. The van der Waals surface area contributed by atoms with Crippen molar-refractivity contribution in [2.75, 3.05) is 13.6 Å². The number of rotatable bonds is 0. The van der Waals surface area contributed by atoms with Crippen LogP contribution in [0.15, 0.2) is 14.4 Å². The van der Waals surface area contributed by atoms with Gasteiger partial charge in [0.15, 0.2) is 5.96 Å². The van der Waals surface area contributed by atoms with Gasteiger partial charge in [0, 0.05) is 7.05 Å². The third kappa shape index (κ3) is 5.17. The molecule has 0 saturated carbocycles. The molecule has 24 heavy (non-hydrogen) atoms. The Morgan fingerprint density at radius 2 is 1.54 bits per heavy atom. The number of nitrogens with zero attached hydrogens (tertiary/aromatic N) is 1. The number of carbonyl (C=O) groups is 2. The number of likely N-dealkylation sites (N-methyl/N-ethyl adjacent to an activating group) is 1. The highest BCUT2D eigenvalue weighted by Crippen LogP contribution is 1.89. The van der Waals surface area contributed by atoms with E-state index in [0.717, 1.165) is 0 Å². The molecule has 130 valence electrons. The molecule has 0 aliphatic carbocycles. The normalized spacial score (nSPS) is 12.8. The van der Waals surface area contributed by atoms with Crippen LogP contribution in [0.3, 0.4) is 0 Å². The number of hydrogen-bond acceptors (Lipinski definition) is 6. The summed E-state index contributed by atoms with van der Waals surface area (Å²) in [7, 11) is 1.69. The van der Waals surface area contributed by atoms with Gasteiger partial charge >= 0.3 is 17.4 Å². The minimum atomic E-state index is -0.833. The van der Waals surface area contributed by atoms with Gasteiger partial charge in [-0.1, -0.05) is 0 Å². The number of imidazole rings is 1. The molecule has 0 aromatic carbocycles. The van der Waals surface area contributed by atoms with E-state index in [0.29, 0.717) is 6.54 Å². The molecule has 3 amide bonds. The van der Waals surface area contributed by atoms with Crippen molar-refractivity contribution < 1.29 is 9.59 Å². The number of carbonyl (C=O) groups excluding carboxylic acids is 2. The van der Waals surface area contributed by atoms with Crippen LogP contribution in [0, 0.1) is 5.41 Å². The van der Waals surface area contributed by atoms with E-state index in [1.165, 1.54) is 0 Å². The molecule has 3 rings (SSSR count). The molecule has 14 nitrogen and oxygen atoms in total. The van der Waals surface area contributed by atoms with Crippen LogP contribution in [-0.4, -0.2) is 56.3 Å². The number of hydrogen-bond donors (Lipinski definition) is 8. The maximum absolute atomic E-state index is 10.9. The summed E-state index contributed by atoms with van der Waals surface area (Å²) in [5, 5.41) is 9.32. The summed E-state index contributed by atoms with van der Waals surface area (Å²) in [4.78, 5) is 61.9. The third-order valence-electron chi connectivity index (χ3n) is 2.44. The van der Waals surface area contributed by atoms with Crippen LogP contribution >= 0.6 is 0 Å². The number of H-pyrrole nitrogens is 4. The van der Waals surface area contributed by atoms with Crippen molar-refractivity contribution in [2.45, 2.75) is 0 Å². The summed E-state index contributed by atoms with van der Waals surface area (Å²) in [6, 6.07) is -0.833. The number of aromatic nitrogens is 4. The summed E-state index contributed by atoms with van der Waals surface area (Å²) >= 11 is 0. The Hall–Kier alpha value is -3.84. The lowest BCUT2D eigenvalue weighted by atomic mass is 10.5. The number of fused-ring (bicyclic) bond motifs is 1. The molecule has 0 radical (unpaired) electrons. The van der Waals surface area contributed by atoms with Gasteiger partial charge in [-0.25, -0.2) is 14.4 Å². The first-order chi connectivity index (χ1) is 11.1. The first-order valence-corrected chi connectivity index (χ1v) is 6.19. The number of guanidine groups is 1. The topological polar surface area (TPSA) is 240 Å². The summed E-state index contributed by atoms with van der Waals surface area (Å²) < 4.78 is 0. The van der Waals surface area contributed by atoms with Gasteiger partial charge in [-0.05, 0) is 0 Å². The number of primary amides is 2. The van der Waals surface area contributed by atoms with E-state index in [1.807, 2.05) is 4.98 Å². The van der Waals surface area contributed by atoms with Crippen molar-refractivity contribution in [3.63, 3.8) is 0 Å². The fraction of sp³-hybridized carbons (Fsp3) is 0.200. The predicted molar refractivity (Wildman–Crippen MR) is 82.4 cm³/mol. The van der Waals surface area contributed by atoms with E-state index < -0.39 is 23.0 Å². The first kappa shape index (κ1) is 18.2. The zero-order valence-corrected chi connectivity index (χ0v) is 12.4. The van der Waals surface area contributed by atoms with Crippen molar-refractivity contribution in [3.8, 4) is 0 Å². The minimum Gasteiger partial charge on any atom is -0.352 e. The second-order valence-electron chi connectivity index (χ2n) is 4.39. The SMILES string of the molecule is CN1CC(=O)NC1=N.NC(N)=O.O=c1[nH]c(=O)c2[nH]c(=O)[nH]c2[nH]1. The number of urea groups is 1. The van der Waals surface area contributed by atoms with Crippen LogP contribution in [0.25, 0.3) is 11.2 Å². The molecular weight excluding hydrogens is 326 g/mol. The molecule has 2 aromatic heterocycles. The molecule has 14 heteroatoms. The molecule has 0 unspecified atom stereocenters. The summed E-state index contributed by atoms with van der Waals surface area (Å²) in [5.74, 6) is 0.0903. The summed E-state index contributed by atoms with van der Waals surface area (Å²) in [5.41, 5.74) is 6.85. The zero-order chi connectivity index (χ0) is 18.4. The lowest BCUT2D eigenvalue weighted by Crippen LogP contribution is -2.25. The van der Waals surface area contributed by atoms with Crippen LogP contribution < -0.4 is 33.7 Å². The molecule has 10 N–H and O–H groups in total. The van der Waals surface area contributed by atoms with Gasteiger partial charge in [0.2, 0.25) is 5.91 Å². The largest absolute Gasteiger partial charge is 0.352 e. The Morgan fingerprint density at radius 3 is 1.92 bits per heavy atom. The van der Waals surface area contributed by atoms with Crippen molar-refractivity contribution in [3.05, 3.63) is 31.3 Å². The molecule has 2 aromatic rings. The lowest BCUT2D eigenvalue weighted by Gasteiger charge is -2.03. The van der Waals surface area contributed by atoms with Crippen LogP contribution in [0.1, 0.15) is 0 Å². The van der Waals surface area contributed by atoms with Gasteiger partial charge in [0.25, 0.3) is 5.56 Å². The monoisotopic (exact) mass is 341 g/mol. The van der Waals surface area contributed by atoms with Crippen LogP contribution in [0.4, 0.5) is 4.79 Å². The highest BCUT2D eigenvalue weighted by atomic mass is 16.2. The van der Waals surface area contributed by atoms with E-state index in [1.54, 1.807) is 11.9 Å². The van der Waals surface area contributed by atoms with Gasteiger partial charge in [-0.15, -0.1) is 0 Å². The Balaban J connectivity index is 0.000000208. The fourth-order valence-corrected chi connectivity index (χ4v) is 1.52. The Morgan fingerprint density at radius 1 is 1.04 bits per heavy atom. The van der Waals surface area contributed by atoms with Crippen molar-refractivity contribution >= 4 is 29.1 Å². The zero-order valence-electron chi connectivity index (χ0n) is 12.4. The second kappa shape index (κ2) is 7.43. The third-order valence-corrected chi connectivity index (χ3v) is 2.44. The first-order valence-electron chi connectivity index (χ1n) is 6.19. The second-order valence-corrected chi connectivity index (χ2v) is 4.39. The maximum atomic E-state index is 10.9. The molecule has 1 fully saturated rings. The predicted octanol–water partition coefficient (Wildman–Crippen LogP) is -3.76. The Labute approximate surface area is 131 Å². The van der Waals surface area contributed by atoms with Crippen molar-refractivity contribution in [2.24, 2.45) is 11.5 Å².